The van der Waals surface area contributed by atoms with E-state index in [4.69, 9.17) is 4.74 Å². The van der Waals surface area contributed by atoms with Gasteiger partial charge in [0.25, 0.3) is 0 Å². The smallest absolute Gasteiger partial charge is 0.100 e. The maximum absolute atomic E-state index is 13.4. The van der Waals surface area contributed by atoms with Crippen LogP contribution in [-0.4, -0.2) is 54.1 Å². The molecule has 0 spiro atoms. The molecule has 0 radical (unpaired) electrons. The number of halogens is 1. The van der Waals surface area contributed by atoms with E-state index in [1.807, 2.05) is 0 Å². The van der Waals surface area contributed by atoms with Crippen LogP contribution in [0.15, 0.2) is 0 Å². The van der Waals surface area contributed by atoms with Crippen molar-refractivity contribution >= 4 is 0 Å². The Morgan fingerprint density at radius 1 is 0.844 bits per heavy atom. The van der Waals surface area contributed by atoms with Crippen LogP contribution in [-0.2, 0) is 4.74 Å². The van der Waals surface area contributed by atoms with Gasteiger partial charge < -0.3 is 14.7 Å². The number of likely N-dealkylation sites (tertiary alicyclic amines) is 1. The molecule has 0 aromatic heterocycles. The lowest BCUT2D eigenvalue weighted by Crippen LogP contribution is -2.35. The average Bonchev–Trinajstić information content (AvgIpc) is 3.19. The number of hydrogen-bond acceptors (Lipinski definition) is 3. The summed E-state index contributed by atoms with van der Waals surface area (Å²) in [5.41, 5.74) is -0.439. The van der Waals surface area contributed by atoms with E-state index in [1.165, 1.54) is 70.6 Å². The lowest BCUT2D eigenvalue weighted by molar-refractivity contribution is -0.0509. The molecule has 0 amide bonds. The van der Waals surface area contributed by atoms with E-state index in [0.29, 0.717) is 23.9 Å². The second-order valence-electron chi connectivity index (χ2n) is 12.3. The summed E-state index contributed by atoms with van der Waals surface area (Å²) >= 11 is 0. The zero-order valence-electron chi connectivity index (χ0n) is 20.4. The molecule has 0 aromatic rings. The van der Waals surface area contributed by atoms with Crippen molar-refractivity contribution in [3.8, 4) is 0 Å². The minimum absolute atomic E-state index is 0.439. The molecule has 1 aliphatic heterocycles. The molecule has 184 valence electrons. The number of rotatable bonds is 9. The van der Waals surface area contributed by atoms with Gasteiger partial charge in [-0.3, -0.25) is 0 Å². The number of alkyl halides is 1. The molecule has 32 heavy (non-hydrogen) atoms. The molecule has 1 saturated heterocycles. The van der Waals surface area contributed by atoms with Gasteiger partial charge in [0, 0.05) is 25.6 Å². The molecule has 3 atom stereocenters. The van der Waals surface area contributed by atoms with Crippen LogP contribution in [0.1, 0.15) is 103 Å². The quantitative estimate of drug-likeness (QED) is 0.459. The van der Waals surface area contributed by atoms with Crippen LogP contribution < -0.4 is 0 Å². The van der Waals surface area contributed by atoms with Gasteiger partial charge in [0.05, 0.1) is 11.7 Å². The van der Waals surface area contributed by atoms with E-state index in [9.17, 15) is 9.50 Å². The van der Waals surface area contributed by atoms with Crippen molar-refractivity contribution in [2.75, 3.05) is 26.2 Å². The van der Waals surface area contributed by atoms with Gasteiger partial charge in [-0.25, -0.2) is 4.39 Å². The maximum atomic E-state index is 13.4. The fraction of sp³-hybridized carbons (Fsp3) is 1.00. The van der Waals surface area contributed by atoms with Gasteiger partial charge in [-0.15, -0.1) is 0 Å². The molecule has 1 N–H and O–H groups in total. The SMILES string of the molecule is OC12CN(CCC3CCC(F)CC3)CC1C2CCOC(C1CCCCC1)C1CCCCC1. The minimum atomic E-state index is -0.551. The van der Waals surface area contributed by atoms with Crippen molar-refractivity contribution in [3.05, 3.63) is 0 Å². The number of ether oxygens (including phenoxy) is 1. The van der Waals surface area contributed by atoms with Crippen molar-refractivity contribution < 1.29 is 14.2 Å². The predicted molar refractivity (Wildman–Crippen MR) is 127 cm³/mol. The number of hydrogen-bond donors (Lipinski definition) is 1. The summed E-state index contributed by atoms with van der Waals surface area (Å²) < 4.78 is 20.0. The summed E-state index contributed by atoms with van der Waals surface area (Å²) in [4.78, 5) is 2.48. The minimum Gasteiger partial charge on any atom is -0.388 e. The largest absolute Gasteiger partial charge is 0.388 e. The molecule has 5 rings (SSSR count). The molecular weight excluding hydrogens is 401 g/mol. The number of nitrogens with zero attached hydrogens (tertiary/aromatic N) is 1. The van der Waals surface area contributed by atoms with Crippen LogP contribution in [0.25, 0.3) is 0 Å². The number of piperidine rings is 1. The molecule has 5 fully saturated rings. The van der Waals surface area contributed by atoms with E-state index < -0.39 is 11.8 Å². The predicted octanol–water partition coefficient (Wildman–Crippen LogP) is 6.13. The first-order valence-corrected chi connectivity index (χ1v) is 14.3. The molecule has 0 aromatic carbocycles. The van der Waals surface area contributed by atoms with Gasteiger partial charge in [-0.1, -0.05) is 38.5 Å². The third kappa shape index (κ3) is 5.38. The van der Waals surface area contributed by atoms with Gasteiger partial charge in [0.1, 0.15) is 6.17 Å². The topological polar surface area (TPSA) is 32.7 Å². The molecule has 4 saturated carbocycles. The second kappa shape index (κ2) is 10.6. The van der Waals surface area contributed by atoms with Crippen molar-refractivity contribution in [1.29, 1.82) is 0 Å². The summed E-state index contributed by atoms with van der Waals surface area (Å²) in [5.74, 6) is 3.21. The maximum Gasteiger partial charge on any atom is 0.100 e. The third-order valence-corrected chi connectivity index (χ3v) is 10.2. The summed E-state index contributed by atoms with van der Waals surface area (Å²) in [6.07, 6.45) is 19.7. The lowest BCUT2D eigenvalue weighted by Gasteiger charge is -2.37. The molecule has 3 nitrogen and oxygen atoms in total. The Labute approximate surface area is 195 Å². The highest BCUT2D eigenvalue weighted by molar-refractivity contribution is 5.18. The first-order chi connectivity index (χ1) is 15.6. The van der Waals surface area contributed by atoms with Crippen molar-refractivity contribution in [3.63, 3.8) is 0 Å². The van der Waals surface area contributed by atoms with Gasteiger partial charge in [0.15, 0.2) is 0 Å². The van der Waals surface area contributed by atoms with E-state index in [1.54, 1.807) is 0 Å². The first-order valence-electron chi connectivity index (χ1n) is 14.3. The lowest BCUT2D eigenvalue weighted by atomic mass is 9.75. The van der Waals surface area contributed by atoms with E-state index >= 15 is 0 Å². The van der Waals surface area contributed by atoms with Gasteiger partial charge in [-0.2, -0.15) is 0 Å². The average molecular weight is 450 g/mol. The summed E-state index contributed by atoms with van der Waals surface area (Å²) in [5, 5.41) is 11.2. The second-order valence-corrected chi connectivity index (χ2v) is 12.3. The summed E-state index contributed by atoms with van der Waals surface area (Å²) in [6.45, 7) is 3.87. The monoisotopic (exact) mass is 449 g/mol. The van der Waals surface area contributed by atoms with Crippen LogP contribution in [0.5, 0.6) is 0 Å². The normalized spacial score (nSPS) is 39.5. The molecule has 3 unspecified atom stereocenters. The van der Waals surface area contributed by atoms with Gasteiger partial charge >= 0.3 is 0 Å². The molecule has 5 aliphatic rings. The standard InChI is InChI=1S/C28H48FNO2/c29-24-13-11-21(12-14-24)15-17-30-19-26-25(28(26,31)20-30)16-18-32-27(22-7-3-1-4-8-22)23-9-5-2-6-10-23/h21-27,31H,1-20H2. The summed E-state index contributed by atoms with van der Waals surface area (Å²) in [6, 6.07) is 0. The van der Waals surface area contributed by atoms with E-state index in [2.05, 4.69) is 4.90 Å². The van der Waals surface area contributed by atoms with Crippen LogP contribution in [0, 0.1) is 29.6 Å². The first kappa shape index (κ1) is 23.5. The Bertz CT molecular complexity index is 564. The van der Waals surface area contributed by atoms with Crippen LogP contribution in [0.3, 0.4) is 0 Å². The van der Waals surface area contributed by atoms with Crippen LogP contribution in [0.4, 0.5) is 4.39 Å². The summed E-state index contributed by atoms with van der Waals surface area (Å²) in [7, 11) is 0. The van der Waals surface area contributed by atoms with E-state index in [0.717, 1.165) is 70.2 Å². The van der Waals surface area contributed by atoms with Crippen molar-refractivity contribution in [1.82, 2.24) is 4.90 Å². The highest BCUT2D eigenvalue weighted by Gasteiger charge is 2.67. The van der Waals surface area contributed by atoms with Crippen molar-refractivity contribution in [2.45, 2.75) is 121 Å². The van der Waals surface area contributed by atoms with Crippen LogP contribution >= 0.6 is 0 Å². The number of fused-ring (bicyclic) bond motifs is 1. The zero-order chi connectivity index (χ0) is 22.0. The van der Waals surface area contributed by atoms with Crippen LogP contribution in [0.2, 0.25) is 0 Å². The molecule has 1 heterocycles. The fourth-order valence-electron chi connectivity index (χ4n) is 8.12. The number of aliphatic hydroxyl groups is 1. The molecular formula is C28H48FNO2. The highest BCUT2D eigenvalue weighted by atomic mass is 19.1. The Kier molecular flexibility index (Phi) is 7.80. The Hall–Kier alpha value is -0.190. The Morgan fingerprint density at radius 3 is 2.03 bits per heavy atom. The molecule has 0 bridgehead atoms. The fourth-order valence-corrected chi connectivity index (χ4v) is 8.12. The van der Waals surface area contributed by atoms with Gasteiger partial charge in [0.2, 0.25) is 0 Å². The van der Waals surface area contributed by atoms with E-state index in [-0.39, 0.29) is 0 Å². The highest BCUT2D eigenvalue weighted by Crippen LogP contribution is 2.57. The van der Waals surface area contributed by atoms with Gasteiger partial charge in [-0.05, 0) is 94.4 Å². The molecule has 4 aliphatic carbocycles. The zero-order valence-corrected chi connectivity index (χ0v) is 20.4. The third-order valence-electron chi connectivity index (χ3n) is 10.2. The Balaban J connectivity index is 1.04. The molecule has 4 heteroatoms. The Morgan fingerprint density at radius 2 is 1.47 bits per heavy atom. The number of β-amino-alcohol motifs (C(OH)–C–C–N with tert-alkyl or cyclic N) is 1. The van der Waals surface area contributed by atoms with Crippen molar-refractivity contribution in [2.24, 2.45) is 29.6 Å².